The van der Waals surface area contributed by atoms with Crippen molar-refractivity contribution in [1.82, 2.24) is 40.0 Å². The van der Waals surface area contributed by atoms with Crippen LogP contribution in [0.1, 0.15) is 58.3 Å². The molecule has 4 aromatic rings. The van der Waals surface area contributed by atoms with Crippen molar-refractivity contribution in [3.05, 3.63) is 66.7 Å². The summed E-state index contributed by atoms with van der Waals surface area (Å²) in [6, 6.07) is 14.1. The van der Waals surface area contributed by atoms with Crippen LogP contribution in [0.15, 0.2) is 60.9 Å². The lowest BCUT2D eigenvalue weighted by Gasteiger charge is -2.32. The second-order valence-corrected chi connectivity index (χ2v) is 14.6. The van der Waals surface area contributed by atoms with Crippen molar-refractivity contribution in [2.75, 3.05) is 33.4 Å². The summed E-state index contributed by atoms with van der Waals surface area (Å²) in [5, 5.41) is 24.1. The number of carboxylic acid groups (broad SMARTS) is 1. The van der Waals surface area contributed by atoms with Gasteiger partial charge < -0.3 is 35.5 Å². The van der Waals surface area contributed by atoms with Gasteiger partial charge >= 0.3 is 24.0 Å². The molecule has 0 saturated carbocycles. The molecule has 2 saturated heterocycles. The van der Waals surface area contributed by atoms with Crippen molar-refractivity contribution in [1.29, 1.82) is 0 Å². The summed E-state index contributed by atoms with van der Waals surface area (Å²) in [6.07, 6.45) is 4.72. The van der Waals surface area contributed by atoms with E-state index in [2.05, 4.69) is 30.6 Å². The maximum atomic E-state index is 13.8. The molecule has 4 heterocycles. The number of amides is 4. The van der Waals surface area contributed by atoms with Crippen molar-refractivity contribution in [2.45, 2.75) is 64.6 Å². The van der Waals surface area contributed by atoms with Crippen LogP contribution in [0.4, 0.5) is 15.5 Å². The monoisotopic (exact) mass is 741 g/mol. The Morgan fingerprint density at radius 1 is 0.852 bits per heavy atom. The number of aromatic amines is 2. The molecule has 15 heteroatoms. The van der Waals surface area contributed by atoms with Gasteiger partial charge in [-0.25, -0.2) is 19.4 Å². The molecule has 4 amide bonds. The van der Waals surface area contributed by atoms with E-state index in [0.717, 1.165) is 52.9 Å². The number of aliphatic hydroxyl groups is 1. The SMILES string of the molecule is COC(=O)NC(C(=O)N1CCC[C@H]1c1ncc(-c2ccc(-c3ccc(-c4cnc([N+]5(C(=O)[C@@H](NC(=O)O)C(C)C)CCCC5)[nH]4)cc3)cc2)[nH]1)[C@H](C)CO. The van der Waals surface area contributed by atoms with Crippen LogP contribution < -0.4 is 15.1 Å². The number of benzene rings is 2. The summed E-state index contributed by atoms with van der Waals surface area (Å²) in [4.78, 5) is 68.6. The second-order valence-electron chi connectivity index (χ2n) is 14.6. The first-order valence-electron chi connectivity index (χ1n) is 18.4. The molecule has 54 heavy (non-hydrogen) atoms. The third-order valence-corrected chi connectivity index (χ3v) is 10.7. The lowest BCUT2D eigenvalue weighted by atomic mass is 10.0. The zero-order chi connectivity index (χ0) is 38.6. The Morgan fingerprint density at radius 3 is 1.98 bits per heavy atom. The van der Waals surface area contributed by atoms with Gasteiger partial charge in [-0.05, 0) is 41.0 Å². The Balaban J connectivity index is 1.14. The van der Waals surface area contributed by atoms with Crippen LogP contribution in [-0.4, -0.2) is 104 Å². The van der Waals surface area contributed by atoms with E-state index in [1.54, 1.807) is 24.2 Å². The van der Waals surface area contributed by atoms with Gasteiger partial charge in [-0.1, -0.05) is 69.3 Å². The zero-order valence-electron chi connectivity index (χ0n) is 31.0. The molecule has 2 aromatic carbocycles. The first kappa shape index (κ1) is 38.2. The van der Waals surface area contributed by atoms with Crippen molar-refractivity contribution in [3.63, 3.8) is 0 Å². The highest BCUT2D eigenvalue weighted by atomic mass is 16.5. The van der Waals surface area contributed by atoms with E-state index in [4.69, 9.17) is 4.74 Å². The molecule has 2 aromatic heterocycles. The smallest absolute Gasteiger partial charge is 0.407 e. The molecule has 0 aliphatic carbocycles. The topological polar surface area (TPSA) is 203 Å². The van der Waals surface area contributed by atoms with Crippen LogP contribution in [0.5, 0.6) is 0 Å². The number of nitrogens with one attached hydrogen (secondary N) is 4. The van der Waals surface area contributed by atoms with E-state index in [9.17, 15) is 29.4 Å². The fraction of sp³-hybridized carbons (Fsp3) is 0.436. The Bertz CT molecular complexity index is 1950. The number of carbonyl (C=O) groups excluding carboxylic acids is 3. The molecule has 4 atom stereocenters. The van der Waals surface area contributed by atoms with Crippen LogP contribution in [0, 0.1) is 11.8 Å². The molecule has 6 N–H and O–H groups in total. The summed E-state index contributed by atoms with van der Waals surface area (Å²) in [6.45, 7) is 6.74. The number of H-pyrrole nitrogens is 2. The number of nitrogens with zero attached hydrogens (tertiary/aromatic N) is 4. The molecule has 286 valence electrons. The predicted octanol–water partition coefficient (Wildman–Crippen LogP) is 5.07. The predicted molar refractivity (Wildman–Crippen MR) is 202 cm³/mol. The molecule has 0 spiro atoms. The van der Waals surface area contributed by atoms with E-state index < -0.39 is 30.2 Å². The van der Waals surface area contributed by atoms with Crippen molar-refractivity contribution >= 4 is 29.9 Å². The number of aliphatic hydroxyl groups excluding tert-OH is 1. The number of alkyl carbamates (subject to hydrolysis) is 1. The van der Waals surface area contributed by atoms with Crippen LogP contribution in [0.3, 0.4) is 0 Å². The number of carbonyl (C=O) groups is 4. The highest BCUT2D eigenvalue weighted by Gasteiger charge is 2.49. The van der Waals surface area contributed by atoms with Gasteiger partial charge in [0.25, 0.3) is 0 Å². The van der Waals surface area contributed by atoms with Gasteiger partial charge in [0.15, 0.2) is 6.04 Å². The molecular formula is C39H49N8O7+. The fourth-order valence-corrected chi connectivity index (χ4v) is 7.57. The third-order valence-electron chi connectivity index (χ3n) is 10.7. The van der Waals surface area contributed by atoms with Crippen molar-refractivity contribution in [3.8, 4) is 33.6 Å². The molecule has 2 aliphatic rings. The average molecular weight is 742 g/mol. The number of likely N-dealkylation sites (tertiary alicyclic amines) is 2. The van der Waals surface area contributed by atoms with Crippen LogP contribution in [-0.2, 0) is 14.3 Å². The number of methoxy groups -OCH3 is 1. The maximum absolute atomic E-state index is 13.8. The lowest BCUT2D eigenvalue weighted by molar-refractivity contribution is -0.136. The number of ether oxygens (including phenoxy) is 1. The molecule has 6 rings (SSSR count). The summed E-state index contributed by atoms with van der Waals surface area (Å²) >= 11 is 0. The number of quaternary nitrogens is 1. The molecule has 2 fully saturated rings. The Morgan fingerprint density at radius 2 is 1.43 bits per heavy atom. The molecule has 1 unspecified atom stereocenters. The van der Waals surface area contributed by atoms with E-state index in [-0.39, 0.29) is 34.9 Å². The Kier molecular flexibility index (Phi) is 11.5. The van der Waals surface area contributed by atoms with Crippen molar-refractivity contribution in [2.24, 2.45) is 11.8 Å². The van der Waals surface area contributed by atoms with Crippen LogP contribution in [0.2, 0.25) is 0 Å². The average Bonchev–Trinajstić information content (AvgIpc) is 4.02. The van der Waals surface area contributed by atoms with Gasteiger partial charge in [-0.3, -0.25) is 9.78 Å². The van der Waals surface area contributed by atoms with Gasteiger partial charge in [-0.15, -0.1) is 0 Å². The lowest BCUT2D eigenvalue weighted by Crippen LogP contribution is -2.62. The van der Waals surface area contributed by atoms with Gasteiger partial charge in [0.2, 0.25) is 5.91 Å². The van der Waals surface area contributed by atoms with E-state index in [0.29, 0.717) is 37.8 Å². The number of imidazole rings is 2. The molecular weight excluding hydrogens is 692 g/mol. The Hall–Kier alpha value is -5.54. The molecule has 15 nitrogen and oxygen atoms in total. The summed E-state index contributed by atoms with van der Waals surface area (Å²) in [5.41, 5.74) is 5.45. The Labute approximate surface area is 313 Å². The van der Waals surface area contributed by atoms with Gasteiger partial charge in [0.05, 0.1) is 50.0 Å². The summed E-state index contributed by atoms with van der Waals surface area (Å²) in [5.74, 6) is -0.0176. The molecule has 0 bridgehead atoms. The van der Waals surface area contributed by atoms with E-state index in [1.165, 1.54) is 7.11 Å². The van der Waals surface area contributed by atoms with E-state index >= 15 is 0 Å². The van der Waals surface area contributed by atoms with Gasteiger partial charge in [-0.2, -0.15) is 9.47 Å². The number of rotatable bonds is 12. The minimum absolute atomic E-state index is 0.0126. The molecule has 0 radical (unpaired) electrons. The first-order valence-corrected chi connectivity index (χ1v) is 18.4. The summed E-state index contributed by atoms with van der Waals surface area (Å²) < 4.78 is 4.70. The largest absolute Gasteiger partial charge is 0.465 e. The highest BCUT2D eigenvalue weighted by Crippen LogP contribution is 2.35. The van der Waals surface area contributed by atoms with Gasteiger partial charge in [0.1, 0.15) is 11.9 Å². The van der Waals surface area contributed by atoms with Crippen LogP contribution in [0.25, 0.3) is 33.6 Å². The highest BCUT2D eigenvalue weighted by molar-refractivity contribution is 5.94. The molecule has 2 aliphatic heterocycles. The standard InChI is InChI=1S/C39H48N8O7/c1-23(2)32(44-38(51)52)36(50)47(18-5-6-19-47)37-41-21-30(43-37)28-15-11-26(12-16-28)25-9-13-27(14-10-25)29-20-40-34(42-29)31-8-7-17-46(31)35(49)33(24(3)22-48)45-39(53)54-4/h9-16,20-21,23-24,31-33,44,48H,5-8,17-19,22H2,1-4H3,(H3-,40,41,42,43,45,51,52,53)/p+1/t24-,31+,32+,33?/m1/s1. The first-order chi connectivity index (χ1) is 25.9. The maximum Gasteiger partial charge on any atom is 0.407 e. The normalized spacial score (nSPS) is 18.3. The van der Waals surface area contributed by atoms with Crippen molar-refractivity contribution < 1.29 is 34.1 Å². The van der Waals surface area contributed by atoms with E-state index in [1.807, 2.05) is 62.4 Å². The second kappa shape index (κ2) is 16.2. The summed E-state index contributed by atoms with van der Waals surface area (Å²) in [7, 11) is 1.23. The third kappa shape index (κ3) is 7.73. The number of hydrogen-bond donors (Lipinski definition) is 6. The number of aromatic nitrogens is 4. The van der Waals surface area contributed by atoms with Crippen LogP contribution >= 0.6 is 0 Å². The quantitative estimate of drug-likeness (QED) is 0.107. The fourth-order valence-electron chi connectivity index (χ4n) is 7.57. The minimum atomic E-state index is -1.22. The minimum Gasteiger partial charge on any atom is -0.465 e. The number of hydrogen-bond acceptors (Lipinski definition) is 8. The zero-order valence-corrected chi connectivity index (χ0v) is 31.0. The van der Waals surface area contributed by atoms with Gasteiger partial charge in [0, 0.05) is 31.9 Å².